The van der Waals surface area contributed by atoms with E-state index in [9.17, 15) is 18.3 Å². The molecule has 0 fully saturated rings. The molecule has 6 nitrogen and oxygen atoms in total. The fourth-order valence-corrected chi connectivity index (χ4v) is 5.60. The maximum Gasteiger partial charge on any atom is 0.336 e. The van der Waals surface area contributed by atoms with Gasteiger partial charge in [-0.1, -0.05) is 26.0 Å². The van der Waals surface area contributed by atoms with E-state index in [-0.39, 0.29) is 16.4 Å². The largest absolute Gasteiger partial charge is 0.478 e. The highest BCUT2D eigenvalue weighted by atomic mass is 32.2. The van der Waals surface area contributed by atoms with Crippen LogP contribution in [0.1, 0.15) is 41.3 Å². The van der Waals surface area contributed by atoms with E-state index >= 15 is 0 Å². The summed E-state index contributed by atoms with van der Waals surface area (Å²) in [7, 11) is -3.94. The van der Waals surface area contributed by atoms with Crippen LogP contribution in [0.4, 0.5) is 5.69 Å². The van der Waals surface area contributed by atoms with Crippen molar-refractivity contribution in [1.29, 1.82) is 0 Å². The molecule has 0 aliphatic carbocycles. The zero-order chi connectivity index (χ0) is 23.0. The Hall–Kier alpha value is -3.23. The molecule has 0 aliphatic heterocycles. The molecule has 0 unspecified atom stereocenters. The van der Waals surface area contributed by atoms with Crippen LogP contribution in [0.25, 0.3) is 20.8 Å². The molecule has 0 aliphatic rings. The molecule has 164 valence electrons. The fraction of sp³-hybridized carbons (Fsp3) is 0.167. The van der Waals surface area contributed by atoms with Crippen molar-refractivity contribution >= 4 is 43.2 Å². The lowest BCUT2D eigenvalue weighted by atomic mass is 9.97. The predicted octanol–water partition coefficient (Wildman–Crippen LogP) is 5.89. The van der Waals surface area contributed by atoms with Gasteiger partial charge in [-0.25, -0.2) is 18.2 Å². The molecule has 0 atom stereocenters. The average molecular weight is 467 g/mol. The number of nitrogens with one attached hydrogen (secondary N) is 1. The van der Waals surface area contributed by atoms with E-state index in [0.29, 0.717) is 11.3 Å². The summed E-state index contributed by atoms with van der Waals surface area (Å²) >= 11 is 1.58. The molecule has 0 saturated heterocycles. The Morgan fingerprint density at radius 3 is 2.41 bits per heavy atom. The highest BCUT2D eigenvalue weighted by molar-refractivity contribution is 7.92. The Kier molecular flexibility index (Phi) is 5.75. The lowest BCUT2D eigenvalue weighted by Crippen LogP contribution is -2.15. The van der Waals surface area contributed by atoms with E-state index in [0.717, 1.165) is 20.8 Å². The van der Waals surface area contributed by atoms with Crippen molar-refractivity contribution in [3.63, 3.8) is 0 Å². The van der Waals surface area contributed by atoms with E-state index < -0.39 is 16.0 Å². The van der Waals surface area contributed by atoms with Gasteiger partial charge < -0.3 is 5.11 Å². The third-order valence-electron chi connectivity index (χ3n) is 5.12. The number of nitrogens with zero attached hydrogens (tertiary/aromatic N) is 1. The molecule has 4 rings (SSSR count). The number of thiazole rings is 1. The maximum atomic E-state index is 12.8. The molecular formula is C24H22N2O4S2. The molecule has 4 aromatic rings. The second-order valence-electron chi connectivity index (χ2n) is 7.88. The van der Waals surface area contributed by atoms with Gasteiger partial charge in [-0.05, 0) is 72.5 Å². The number of rotatable bonds is 6. The van der Waals surface area contributed by atoms with Crippen molar-refractivity contribution in [2.24, 2.45) is 0 Å². The number of benzene rings is 3. The second-order valence-corrected chi connectivity index (χ2v) is 10.6. The van der Waals surface area contributed by atoms with Crippen LogP contribution in [-0.4, -0.2) is 24.5 Å². The summed E-state index contributed by atoms with van der Waals surface area (Å²) in [5.74, 6) is -1.19. The van der Waals surface area contributed by atoms with Gasteiger partial charge >= 0.3 is 5.97 Å². The molecule has 0 saturated carbocycles. The monoisotopic (exact) mass is 466 g/mol. The topological polar surface area (TPSA) is 96.4 Å². The van der Waals surface area contributed by atoms with Crippen LogP contribution in [-0.2, 0) is 10.0 Å². The number of fused-ring (bicyclic) bond motifs is 1. The minimum atomic E-state index is -3.94. The van der Waals surface area contributed by atoms with E-state index in [1.165, 1.54) is 17.7 Å². The predicted molar refractivity (Wildman–Crippen MR) is 128 cm³/mol. The van der Waals surface area contributed by atoms with Gasteiger partial charge in [0, 0.05) is 11.3 Å². The van der Waals surface area contributed by atoms with Gasteiger partial charge in [-0.3, -0.25) is 4.72 Å². The summed E-state index contributed by atoms with van der Waals surface area (Å²) in [6.07, 6.45) is 0. The minimum absolute atomic E-state index is 0.00991. The van der Waals surface area contributed by atoms with Crippen molar-refractivity contribution in [2.45, 2.75) is 31.6 Å². The highest BCUT2D eigenvalue weighted by Crippen LogP contribution is 2.32. The van der Waals surface area contributed by atoms with E-state index in [2.05, 4.69) is 15.8 Å². The molecule has 1 aromatic heterocycles. The van der Waals surface area contributed by atoms with Gasteiger partial charge in [-0.2, -0.15) is 0 Å². The van der Waals surface area contributed by atoms with Crippen LogP contribution in [0.2, 0.25) is 0 Å². The first kappa shape index (κ1) is 22.0. The summed E-state index contributed by atoms with van der Waals surface area (Å²) < 4.78 is 29.3. The number of aromatic carboxylic acids is 1. The SMILES string of the molecule is Cc1ccc2nc(-c3ccc(NS(=O)(=O)c4ccc(C(C)C)c(C(=O)O)c4)cc3)sc2c1. The number of hydrogen-bond acceptors (Lipinski definition) is 5. The Balaban J connectivity index is 1.60. The number of aromatic nitrogens is 1. The maximum absolute atomic E-state index is 12.8. The van der Waals surface area contributed by atoms with Gasteiger partial charge in [0.25, 0.3) is 10.0 Å². The molecule has 0 amide bonds. The molecule has 2 N–H and O–H groups in total. The molecule has 0 radical (unpaired) electrons. The Morgan fingerprint density at radius 2 is 1.75 bits per heavy atom. The van der Waals surface area contributed by atoms with Gasteiger partial charge in [-0.15, -0.1) is 11.3 Å². The summed E-state index contributed by atoms with van der Waals surface area (Å²) in [6, 6.07) is 17.3. The van der Waals surface area contributed by atoms with Crippen LogP contribution < -0.4 is 4.72 Å². The number of carbonyl (C=O) groups is 1. The third kappa shape index (κ3) is 4.37. The lowest BCUT2D eigenvalue weighted by molar-refractivity contribution is 0.0695. The summed E-state index contributed by atoms with van der Waals surface area (Å²) in [5.41, 5.74) is 3.96. The number of carboxylic acid groups (broad SMARTS) is 1. The standard InChI is InChI=1S/C24H22N2O4S2/c1-14(2)19-10-9-18(13-20(19)24(27)28)32(29,30)26-17-7-5-16(6-8-17)23-25-21-11-4-15(3)12-22(21)31-23/h4-14,26H,1-3H3,(H,27,28). The summed E-state index contributed by atoms with van der Waals surface area (Å²) in [6.45, 7) is 5.76. The van der Waals surface area contributed by atoms with Gasteiger partial charge in [0.2, 0.25) is 0 Å². The van der Waals surface area contributed by atoms with Crippen LogP contribution in [0.3, 0.4) is 0 Å². The molecule has 0 spiro atoms. The Morgan fingerprint density at radius 1 is 1.03 bits per heavy atom. The molecule has 0 bridgehead atoms. The van der Waals surface area contributed by atoms with E-state index in [1.807, 2.05) is 45.0 Å². The number of carboxylic acids is 1. The highest BCUT2D eigenvalue weighted by Gasteiger charge is 2.20. The first-order valence-electron chi connectivity index (χ1n) is 10.0. The normalized spacial score (nSPS) is 11.8. The van der Waals surface area contributed by atoms with E-state index in [4.69, 9.17) is 0 Å². The number of sulfonamides is 1. The second kappa shape index (κ2) is 8.37. The van der Waals surface area contributed by atoms with Crippen LogP contribution in [0.5, 0.6) is 0 Å². The van der Waals surface area contributed by atoms with Crippen LogP contribution >= 0.6 is 11.3 Å². The Labute approximate surface area is 190 Å². The van der Waals surface area contributed by atoms with Crippen molar-refractivity contribution in [1.82, 2.24) is 4.98 Å². The molecule has 1 heterocycles. The first-order chi connectivity index (χ1) is 15.1. The third-order valence-corrected chi connectivity index (χ3v) is 7.56. The summed E-state index contributed by atoms with van der Waals surface area (Å²) in [5, 5.41) is 10.3. The average Bonchev–Trinajstić information content (AvgIpc) is 3.16. The first-order valence-corrected chi connectivity index (χ1v) is 12.3. The minimum Gasteiger partial charge on any atom is -0.478 e. The lowest BCUT2D eigenvalue weighted by Gasteiger charge is -2.13. The Bertz CT molecular complexity index is 1420. The number of aryl methyl sites for hydroxylation is 1. The van der Waals surface area contributed by atoms with Gasteiger partial charge in [0.1, 0.15) is 5.01 Å². The fourth-order valence-electron chi connectivity index (χ4n) is 3.44. The van der Waals surface area contributed by atoms with Gasteiger partial charge in [0.05, 0.1) is 20.7 Å². The van der Waals surface area contributed by atoms with Crippen molar-refractivity contribution in [3.05, 3.63) is 77.4 Å². The molecule has 3 aromatic carbocycles. The zero-order valence-electron chi connectivity index (χ0n) is 17.8. The smallest absolute Gasteiger partial charge is 0.336 e. The molecule has 32 heavy (non-hydrogen) atoms. The van der Waals surface area contributed by atoms with Crippen LogP contribution in [0, 0.1) is 6.92 Å². The van der Waals surface area contributed by atoms with E-state index in [1.54, 1.807) is 29.5 Å². The number of anilines is 1. The zero-order valence-corrected chi connectivity index (χ0v) is 19.4. The van der Waals surface area contributed by atoms with Gasteiger partial charge in [0.15, 0.2) is 0 Å². The van der Waals surface area contributed by atoms with Crippen molar-refractivity contribution < 1.29 is 18.3 Å². The van der Waals surface area contributed by atoms with Crippen molar-refractivity contribution in [3.8, 4) is 10.6 Å². The van der Waals surface area contributed by atoms with Crippen molar-refractivity contribution in [2.75, 3.05) is 4.72 Å². The quantitative estimate of drug-likeness (QED) is 0.369. The molecular weight excluding hydrogens is 444 g/mol. The van der Waals surface area contributed by atoms with Crippen LogP contribution in [0.15, 0.2) is 65.6 Å². The summed E-state index contributed by atoms with van der Waals surface area (Å²) in [4.78, 5) is 16.2. The molecule has 8 heteroatoms. The number of hydrogen-bond donors (Lipinski definition) is 2.